The standard InChI is InChI=1S/C19H18Cl2N2O3S/c1-13-14(2)26-19(22-13)12-23(11-15-5-3-4-6-18(15)21)27(24,25)17-9-7-16(20)8-10-17/h3-10H,11-12H2,1-2H3. The monoisotopic (exact) mass is 424 g/mol. The van der Waals surface area contributed by atoms with Crippen LogP contribution in [0.3, 0.4) is 0 Å². The molecule has 8 heteroatoms. The van der Waals surface area contributed by atoms with Crippen LogP contribution in [-0.4, -0.2) is 17.7 Å². The maximum atomic E-state index is 13.2. The second kappa shape index (κ2) is 8.02. The van der Waals surface area contributed by atoms with Gasteiger partial charge in [-0.25, -0.2) is 13.4 Å². The minimum absolute atomic E-state index is 0.00906. The summed E-state index contributed by atoms with van der Waals surface area (Å²) < 4.78 is 33.3. The van der Waals surface area contributed by atoms with E-state index in [1.807, 2.05) is 13.0 Å². The number of aromatic nitrogens is 1. The maximum absolute atomic E-state index is 13.2. The van der Waals surface area contributed by atoms with Crippen molar-refractivity contribution in [2.24, 2.45) is 0 Å². The van der Waals surface area contributed by atoms with Crippen LogP contribution in [0.15, 0.2) is 57.8 Å². The van der Waals surface area contributed by atoms with Crippen molar-refractivity contribution in [2.45, 2.75) is 31.8 Å². The molecule has 0 saturated heterocycles. The molecule has 0 amide bonds. The van der Waals surface area contributed by atoms with E-state index in [4.69, 9.17) is 27.6 Å². The molecule has 1 aromatic heterocycles. The number of rotatable bonds is 6. The normalized spacial score (nSPS) is 11.9. The summed E-state index contributed by atoms with van der Waals surface area (Å²) in [6.07, 6.45) is 0. The average Bonchev–Trinajstić information content (AvgIpc) is 2.94. The van der Waals surface area contributed by atoms with Gasteiger partial charge >= 0.3 is 0 Å². The van der Waals surface area contributed by atoms with E-state index in [0.29, 0.717) is 27.3 Å². The van der Waals surface area contributed by atoms with Crippen molar-refractivity contribution in [2.75, 3.05) is 0 Å². The smallest absolute Gasteiger partial charge is 0.243 e. The van der Waals surface area contributed by atoms with Crippen molar-refractivity contribution >= 4 is 33.2 Å². The van der Waals surface area contributed by atoms with Crippen molar-refractivity contribution < 1.29 is 12.8 Å². The molecule has 142 valence electrons. The number of halogens is 2. The van der Waals surface area contributed by atoms with Crippen LogP contribution in [0.25, 0.3) is 0 Å². The molecule has 1 heterocycles. The van der Waals surface area contributed by atoms with Crippen LogP contribution in [0.5, 0.6) is 0 Å². The van der Waals surface area contributed by atoms with Gasteiger partial charge in [0.1, 0.15) is 5.76 Å². The molecule has 3 aromatic rings. The lowest BCUT2D eigenvalue weighted by Crippen LogP contribution is -2.30. The first-order valence-corrected chi connectivity index (χ1v) is 10.4. The average molecular weight is 425 g/mol. The van der Waals surface area contributed by atoms with Gasteiger partial charge in [-0.2, -0.15) is 4.31 Å². The highest BCUT2D eigenvalue weighted by Gasteiger charge is 2.27. The van der Waals surface area contributed by atoms with Gasteiger partial charge < -0.3 is 4.42 Å². The van der Waals surface area contributed by atoms with E-state index < -0.39 is 10.0 Å². The number of nitrogens with zero attached hydrogens (tertiary/aromatic N) is 2. The molecule has 5 nitrogen and oxygen atoms in total. The van der Waals surface area contributed by atoms with Gasteiger partial charge in [0, 0.05) is 16.6 Å². The van der Waals surface area contributed by atoms with E-state index in [1.165, 1.54) is 16.4 Å². The highest BCUT2D eigenvalue weighted by Crippen LogP contribution is 2.25. The molecule has 2 aromatic carbocycles. The molecule has 0 unspecified atom stereocenters. The van der Waals surface area contributed by atoms with Gasteiger partial charge in [0.15, 0.2) is 0 Å². The molecule has 0 bridgehead atoms. The van der Waals surface area contributed by atoms with Gasteiger partial charge in [0.05, 0.1) is 17.1 Å². The van der Waals surface area contributed by atoms with E-state index in [9.17, 15) is 8.42 Å². The molecule has 0 aliphatic heterocycles. The molecule has 0 saturated carbocycles. The summed E-state index contributed by atoms with van der Waals surface area (Å²) in [5, 5.41) is 0.958. The van der Waals surface area contributed by atoms with Gasteiger partial charge in [0.2, 0.25) is 15.9 Å². The molecule has 0 fully saturated rings. The fraction of sp³-hybridized carbons (Fsp3) is 0.211. The zero-order chi connectivity index (χ0) is 19.6. The number of benzene rings is 2. The van der Waals surface area contributed by atoms with Crippen LogP contribution in [0.2, 0.25) is 10.0 Å². The number of oxazole rings is 1. The van der Waals surface area contributed by atoms with Crippen molar-refractivity contribution in [3.05, 3.63) is 81.5 Å². The summed E-state index contributed by atoms with van der Waals surface area (Å²) in [7, 11) is -3.82. The van der Waals surface area contributed by atoms with E-state index in [1.54, 1.807) is 37.3 Å². The highest BCUT2D eigenvalue weighted by molar-refractivity contribution is 7.89. The van der Waals surface area contributed by atoms with Crippen LogP contribution < -0.4 is 0 Å². The molecule has 0 spiro atoms. The highest BCUT2D eigenvalue weighted by atomic mass is 35.5. The topological polar surface area (TPSA) is 63.4 Å². The van der Waals surface area contributed by atoms with Crippen LogP contribution in [0.1, 0.15) is 22.9 Å². The Kier molecular flexibility index (Phi) is 5.91. The van der Waals surface area contributed by atoms with Crippen molar-refractivity contribution in [1.29, 1.82) is 0 Å². The van der Waals surface area contributed by atoms with Gasteiger partial charge in [-0.05, 0) is 49.7 Å². The summed E-state index contributed by atoms with van der Waals surface area (Å²) >= 11 is 12.1. The summed E-state index contributed by atoms with van der Waals surface area (Å²) in [5.74, 6) is 0.987. The van der Waals surface area contributed by atoms with Crippen molar-refractivity contribution in [3.8, 4) is 0 Å². The molecule has 27 heavy (non-hydrogen) atoms. The molecule has 0 aliphatic carbocycles. The number of sulfonamides is 1. The molecule has 0 radical (unpaired) electrons. The fourth-order valence-corrected chi connectivity index (χ4v) is 4.24. The molecular formula is C19H18Cl2N2O3S. The first-order chi connectivity index (χ1) is 12.8. The Morgan fingerprint density at radius 2 is 1.67 bits per heavy atom. The summed E-state index contributed by atoms with van der Waals surface area (Å²) in [5.41, 5.74) is 1.42. The van der Waals surface area contributed by atoms with Crippen LogP contribution in [0, 0.1) is 13.8 Å². The predicted octanol–water partition coefficient (Wildman–Crippen LogP) is 4.99. The molecule has 3 rings (SSSR count). The van der Waals surface area contributed by atoms with Crippen molar-refractivity contribution in [3.63, 3.8) is 0 Å². The zero-order valence-electron chi connectivity index (χ0n) is 14.8. The Labute approximate surface area is 168 Å². The third-order valence-corrected chi connectivity index (χ3v) is 6.57. The predicted molar refractivity (Wildman–Crippen MR) is 105 cm³/mol. The minimum atomic E-state index is -3.82. The lowest BCUT2D eigenvalue weighted by atomic mass is 10.2. The Hall–Kier alpha value is -1.86. The number of aryl methyl sites for hydroxylation is 2. The van der Waals surface area contributed by atoms with Crippen molar-refractivity contribution in [1.82, 2.24) is 9.29 Å². The SMILES string of the molecule is Cc1nc(CN(Cc2ccccc2Cl)S(=O)(=O)c2ccc(Cl)cc2)oc1C. The van der Waals surface area contributed by atoms with Gasteiger partial charge in [0.25, 0.3) is 0 Å². The van der Waals surface area contributed by atoms with Gasteiger partial charge in [-0.15, -0.1) is 0 Å². The number of hydrogen-bond acceptors (Lipinski definition) is 4. The van der Waals surface area contributed by atoms with E-state index >= 15 is 0 Å². The van der Waals surface area contributed by atoms with Gasteiger partial charge in [-0.3, -0.25) is 0 Å². The second-order valence-corrected chi connectivity index (χ2v) is 8.85. The Bertz CT molecular complexity index is 1030. The molecule has 0 atom stereocenters. The van der Waals surface area contributed by atoms with E-state index in [0.717, 1.165) is 5.69 Å². The molecule has 0 aliphatic rings. The third kappa shape index (κ3) is 4.52. The minimum Gasteiger partial charge on any atom is -0.444 e. The third-order valence-electron chi connectivity index (χ3n) is 4.14. The summed E-state index contributed by atoms with van der Waals surface area (Å²) in [6, 6.07) is 13.2. The first kappa shape index (κ1) is 19.9. The van der Waals surface area contributed by atoms with Gasteiger partial charge in [-0.1, -0.05) is 41.4 Å². The van der Waals surface area contributed by atoms with E-state index in [2.05, 4.69) is 4.98 Å². The fourth-order valence-electron chi connectivity index (χ4n) is 2.56. The largest absolute Gasteiger partial charge is 0.444 e. The summed E-state index contributed by atoms with van der Waals surface area (Å²) in [6.45, 7) is 3.68. The maximum Gasteiger partial charge on any atom is 0.243 e. The van der Waals surface area contributed by atoms with Crippen LogP contribution in [-0.2, 0) is 23.1 Å². The van der Waals surface area contributed by atoms with Crippen LogP contribution in [0.4, 0.5) is 0 Å². The Morgan fingerprint density at radius 1 is 1.00 bits per heavy atom. The first-order valence-electron chi connectivity index (χ1n) is 8.19. The number of hydrogen-bond donors (Lipinski definition) is 0. The summed E-state index contributed by atoms with van der Waals surface area (Å²) in [4.78, 5) is 4.45. The zero-order valence-corrected chi connectivity index (χ0v) is 17.1. The lowest BCUT2D eigenvalue weighted by molar-refractivity contribution is 0.345. The second-order valence-electron chi connectivity index (χ2n) is 6.07. The quantitative estimate of drug-likeness (QED) is 0.558. The molecular weight excluding hydrogens is 407 g/mol. The Morgan fingerprint density at radius 3 is 2.26 bits per heavy atom. The Balaban J connectivity index is 2.00. The van der Waals surface area contributed by atoms with E-state index in [-0.39, 0.29) is 18.0 Å². The van der Waals surface area contributed by atoms with Crippen LogP contribution >= 0.6 is 23.2 Å². The molecule has 0 N–H and O–H groups in total. The lowest BCUT2D eigenvalue weighted by Gasteiger charge is -2.21.